The van der Waals surface area contributed by atoms with Crippen LogP contribution in [-0.4, -0.2) is 96.0 Å². The minimum absolute atomic E-state index is 0.0203. The van der Waals surface area contributed by atoms with Crippen molar-refractivity contribution in [3.8, 4) is 0 Å². The zero-order valence-corrected chi connectivity index (χ0v) is 26.6. The van der Waals surface area contributed by atoms with Crippen molar-refractivity contribution in [1.29, 1.82) is 0 Å². The summed E-state index contributed by atoms with van der Waals surface area (Å²) in [4.78, 5) is 46.1. The summed E-state index contributed by atoms with van der Waals surface area (Å²) in [5, 5.41) is 15.3. The molecule has 3 atom stereocenters. The molecule has 2 saturated heterocycles. The molecule has 9 nitrogen and oxygen atoms in total. The predicted octanol–water partition coefficient (Wildman–Crippen LogP) is 4.70. The van der Waals surface area contributed by atoms with Gasteiger partial charge in [0.1, 0.15) is 6.09 Å². The van der Waals surface area contributed by atoms with Crippen LogP contribution < -0.4 is 10.4 Å². The van der Waals surface area contributed by atoms with Crippen LogP contribution in [0.5, 0.6) is 0 Å². The number of hydrogen-bond acceptors (Lipinski definition) is 5. The number of halogens is 6. The molecule has 48 heavy (non-hydrogen) atoms. The first kappa shape index (κ1) is 35.3. The summed E-state index contributed by atoms with van der Waals surface area (Å²) in [6.45, 7) is 0.702. The quantitative estimate of drug-likeness (QED) is 0.446. The standard InChI is InChI=1S/C33H39F6N5O4/c1-41(2)24-8-11-42(12-9-24)29(45)26(17-20-15-22(32(34,35)36)18-23(16-20)33(37,38)39)28-19-25(10-14-44(28)31(47)48)43-13-7-21-5-3-4-6-27(21)40-30(43)46/h3-6,15-16,18,24-26,28H,7-14,17,19H2,1-2H3,(H,40,46)(H,47,48)/p-1/t25?,26?,28-/m1/s1. The van der Waals surface area contributed by atoms with Crippen LogP contribution >= 0.6 is 0 Å². The molecule has 0 radical (unpaired) electrons. The number of fused-ring (bicyclic) bond motifs is 1. The number of carbonyl (C=O) groups is 3. The maximum Gasteiger partial charge on any atom is 0.416 e. The number of likely N-dealkylation sites (tertiary alicyclic amines) is 2. The number of piperidine rings is 2. The van der Waals surface area contributed by atoms with E-state index in [-0.39, 0.29) is 51.1 Å². The Hall–Kier alpha value is -4.01. The van der Waals surface area contributed by atoms with E-state index < -0.39 is 71.5 Å². The molecule has 4 amide bonds. The van der Waals surface area contributed by atoms with Crippen molar-refractivity contribution >= 4 is 23.7 Å². The highest BCUT2D eigenvalue weighted by Crippen LogP contribution is 2.38. The van der Waals surface area contributed by atoms with Crippen molar-refractivity contribution in [2.24, 2.45) is 5.92 Å². The lowest BCUT2D eigenvalue weighted by Crippen LogP contribution is -2.61. The third kappa shape index (κ3) is 7.82. The normalized spacial score (nSPS) is 21.9. The summed E-state index contributed by atoms with van der Waals surface area (Å²) in [5.41, 5.74) is -1.92. The molecule has 0 spiro atoms. The monoisotopic (exact) mass is 682 g/mol. The largest absolute Gasteiger partial charge is 0.530 e. The van der Waals surface area contributed by atoms with Gasteiger partial charge in [0.15, 0.2) is 0 Å². The Bertz CT molecular complexity index is 1480. The van der Waals surface area contributed by atoms with E-state index in [9.17, 15) is 45.8 Å². The number of para-hydroxylation sites is 1. The Morgan fingerprint density at radius 1 is 0.938 bits per heavy atom. The fourth-order valence-corrected chi connectivity index (χ4v) is 7.22. The van der Waals surface area contributed by atoms with Gasteiger partial charge in [-0.2, -0.15) is 26.3 Å². The molecular formula is C33H38F6N5O4-. The van der Waals surface area contributed by atoms with Gasteiger partial charge in [-0.05, 0) is 88.0 Å². The maximum atomic E-state index is 14.3. The SMILES string of the molecule is CN(C)C1CCN(C(=O)C(Cc2cc(C(F)(F)F)cc(C(F)(F)F)c2)[C@H]2CC(N3CCc4ccccc4NC3=O)CCN2C(=O)[O-])CC1. The Labute approximate surface area is 274 Å². The van der Waals surface area contributed by atoms with Crippen LogP contribution in [0.3, 0.4) is 0 Å². The van der Waals surface area contributed by atoms with Gasteiger partial charge in [0, 0.05) is 50.0 Å². The number of anilines is 1. The number of benzene rings is 2. The van der Waals surface area contributed by atoms with E-state index >= 15 is 0 Å². The van der Waals surface area contributed by atoms with Gasteiger partial charge in [0.05, 0.1) is 17.0 Å². The Kier molecular flexibility index (Phi) is 10.2. The molecule has 1 N–H and O–H groups in total. The van der Waals surface area contributed by atoms with Crippen LogP contribution in [0.4, 0.5) is 41.6 Å². The number of carbonyl (C=O) groups excluding carboxylic acids is 3. The molecule has 0 bridgehead atoms. The van der Waals surface area contributed by atoms with Crippen LogP contribution in [0.25, 0.3) is 0 Å². The minimum Gasteiger partial charge on any atom is -0.530 e. The van der Waals surface area contributed by atoms with Crippen molar-refractivity contribution in [3.05, 3.63) is 64.7 Å². The molecule has 3 aliphatic rings. The van der Waals surface area contributed by atoms with E-state index in [4.69, 9.17) is 0 Å². The molecule has 5 rings (SSSR count). The van der Waals surface area contributed by atoms with Crippen LogP contribution in [-0.2, 0) is 30.0 Å². The lowest BCUT2D eigenvalue weighted by molar-refractivity contribution is -0.270. The smallest absolute Gasteiger partial charge is 0.416 e. The number of nitrogens with zero attached hydrogens (tertiary/aromatic N) is 4. The first-order valence-corrected chi connectivity index (χ1v) is 15.9. The van der Waals surface area contributed by atoms with Gasteiger partial charge >= 0.3 is 18.4 Å². The zero-order valence-electron chi connectivity index (χ0n) is 26.6. The van der Waals surface area contributed by atoms with Crippen LogP contribution in [0, 0.1) is 5.92 Å². The zero-order chi connectivity index (χ0) is 35.0. The second kappa shape index (κ2) is 13.8. The molecule has 0 saturated carbocycles. The molecular weight excluding hydrogens is 644 g/mol. The fourth-order valence-electron chi connectivity index (χ4n) is 7.22. The second-order valence-corrected chi connectivity index (χ2v) is 13.0. The number of urea groups is 1. The summed E-state index contributed by atoms with van der Waals surface area (Å²) in [6.07, 6.45) is -10.6. The number of nitrogens with one attached hydrogen (secondary N) is 1. The van der Waals surface area contributed by atoms with E-state index in [1.54, 1.807) is 17.0 Å². The van der Waals surface area contributed by atoms with Crippen LogP contribution in [0.1, 0.15) is 47.9 Å². The summed E-state index contributed by atoms with van der Waals surface area (Å²) < 4.78 is 82.7. The van der Waals surface area contributed by atoms with Crippen LogP contribution in [0.2, 0.25) is 0 Å². The van der Waals surface area contributed by atoms with E-state index in [0.29, 0.717) is 37.1 Å². The average Bonchev–Trinajstić information content (AvgIpc) is 3.20. The molecule has 2 unspecified atom stereocenters. The first-order valence-electron chi connectivity index (χ1n) is 15.9. The summed E-state index contributed by atoms with van der Waals surface area (Å²) in [5.74, 6) is -1.92. The topological polar surface area (TPSA) is 99.3 Å². The highest BCUT2D eigenvalue weighted by Gasteiger charge is 2.44. The third-order valence-corrected chi connectivity index (χ3v) is 9.83. The number of hydrogen-bond donors (Lipinski definition) is 1. The van der Waals surface area contributed by atoms with E-state index in [2.05, 4.69) is 5.32 Å². The average molecular weight is 683 g/mol. The van der Waals surface area contributed by atoms with Gasteiger partial charge in [-0.25, -0.2) is 4.79 Å². The second-order valence-electron chi connectivity index (χ2n) is 13.0. The van der Waals surface area contributed by atoms with Crippen molar-refractivity contribution in [2.75, 3.05) is 45.6 Å². The predicted molar refractivity (Wildman–Crippen MR) is 162 cm³/mol. The van der Waals surface area contributed by atoms with E-state index in [1.807, 2.05) is 31.1 Å². The first-order chi connectivity index (χ1) is 22.5. The maximum absolute atomic E-state index is 14.3. The molecule has 2 fully saturated rings. The summed E-state index contributed by atoms with van der Waals surface area (Å²) in [6, 6.07) is 6.41. The van der Waals surface area contributed by atoms with Crippen molar-refractivity contribution < 1.29 is 45.8 Å². The van der Waals surface area contributed by atoms with Gasteiger partial charge in [-0.1, -0.05) is 18.2 Å². The highest BCUT2D eigenvalue weighted by molar-refractivity contribution is 5.91. The molecule has 2 aromatic carbocycles. The lowest BCUT2D eigenvalue weighted by atomic mass is 9.81. The lowest BCUT2D eigenvalue weighted by Gasteiger charge is -2.48. The van der Waals surface area contributed by atoms with E-state index in [1.165, 1.54) is 4.90 Å². The van der Waals surface area contributed by atoms with Gasteiger partial charge in [-0.15, -0.1) is 0 Å². The number of rotatable bonds is 6. The van der Waals surface area contributed by atoms with Gasteiger partial charge in [0.25, 0.3) is 0 Å². The molecule has 15 heteroatoms. The van der Waals surface area contributed by atoms with E-state index in [0.717, 1.165) is 10.5 Å². The third-order valence-electron chi connectivity index (χ3n) is 9.83. The number of alkyl halides is 6. The van der Waals surface area contributed by atoms with Gasteiger partial charge < -0.3 is 34.8 Å². The van der Waals surface area contributed by atoms with Gasteiger partial charge in [0.2, 0.25) is 5.91 Å². The van der Waals surface area contributed by atoms with Crippen molar-refractivity contribution in [1.82, 2.24) is 19.6 Å². The molecule has 0 aliphatic carbocycles. The van der Waals surface area contributed by atoms with Crippen molar-refractivity contribution in [3.63, 3.8) is 0 Å². The molecule has 3 aliphatic heterocycles. The summed E-state index contributed by atoms with van der Waals surface area (Å²) in [7, 11) is 3.79. The Morgan fingerprint density at radius 3 is 2.15 bits per heavy atom. The Balaban J connectivity index is 1.51. The number of amides is 4. The highest BCUT2D eigenvalue weighted by atomic mass is 19.4. The van der Waals surface area contributed by atoms with Gasteiger partial charge in [-0.3, -0.25) is 4.79 Å². The summed E-state index contributed by atoms with van der Waals surface area (Å²) >= 11 is 0. The van der Waals surface area contributed by atoms with Crippen LogP contribution in [0.15, 0.2) is 42.5 Å². The molecule has 2 aromatic rings. The minimum atomic E-state index is -5.10. The fraction of sp³-hybridized carbons (Fsp3) is 0.545. The molecule has 262 valence electrons. The molecule has 0 aromatic heterocycles. The Morgan fingerprint density at radius 2 is 1.56 bits per heavy atom. The number of carboxylic acid groups (broad SMARTS) is 1. The molecule has 3 heterocycles. The van der Waals surface area contributed by atoms with Crippen molar-refractivity contribution in [2.45, 2.75) is 69.0 Å².